The van der Waals surface area contributed by atoms with Crippen molar-refractivity contribution >= 4 is 23.5 Å². The first kappa shape index (κ1) is 16.4. The van der Waals surface area contributed by atoms with Crippen molar-refractivity contribution in [3.05, 3.63) is 29.8 Å². The Hall–Kier alpha value is -2.41. The maximum atomic E-state index is 12.8. The summed E-state index contributed by atoms with van der Waals surface area (Å²) in [5.74, 6) is -1.08. The van der Waals surface area contributed by atoms with E-state index in [0.717, 1.165) is 0 Å². The summed E-state index contributed by atoms with van der Waals surface area (Å²) < 4.78 is 10.5. The van der Waals surface area contributed by atoms with Crippen molar-refractivity contribution in [2.75, 3.05) is 31.8 Å². The topological polar surface area (TPSA) is 76.1 Å². The first-order valence-electron chi connectivity index (χ1n) is 7.99. The molecule has 0 N–H and O–H groups in total. The van der Waals surface area contributed by atoms with Crippen LogP contribution in [0.2, 0.25) is 0 Å². The Morgan fingerprint density at radius 3 is 2.75 bits per heavy atom. The van der Waals surface area contributed by atoms with Crippen LogP contribution < -0.4 is 4.90 Å². The fourth-order valence-electron chi connectivity index (χ4n) is 3.34. The lowest BCUT2D eigenvalue weighted by molar-refractivity contribution is -0.157. The number of benzene rings is 1. The number of anilines is 1. The molecule has 0 aromatic heterocycles. The Morgan fingerprint density at radius 2 is 2.00 bits per heavy atom. The fraction of sp³-hybridized carbons (Fsp3) is 0.471. The van der Waals surface area contributed by atoms with Gasteiger partial charge in [-0.3, -0.25) is 14.5 Å². The molecular formula is C17H20N2O5. The summed E-state index contributed by atoms with van der Waals surface area (Å²) in [6.07, 6.45) is 0.405. The van der Waals surface area contributed by atoms with Gasteiger partial charge in [0.05, 0.1) is 17.9 Å². The van der Waals surface area contributed by atoms with Crippen LogP contribution >= 0.6 is 0 Å². The van der Waals surface area contributed by atoms with Gasteiger partial charge in [-0.15, -0.1) is 0 Å². The van der Waals surface area contributed by atoms with Gasteiger partial charge in [-0.2, -0.15) is 0 Å². The average molecular weight is 332 g/mol. The molecule has 1 atom stereocenters. The molecule has 0 saturated carbocycles. The molecule has 1 aromatic carbocycles. The molecule has 1 fully saturated rings. The molecule has 7 nitrogen and oxygen atoms in total. The quantitative estimate of drug-likeness (QED) is 0.598. The van der Waals surface area contributed by atoms with Crippen LogP contribution in [0, 0.1) is 0 Å². The molecule has 2 amide bonds. The maximum absolute atomic E-state index is 12.8. The van der Waals surface area contributed by atoms with E-state index in [1.165, 1.54) is 16.8 Å². The summed E-state index contributed by atoms with van der Waals surface area (Å²) in [6, 6.07) is 6.82. The number of rotatable bonds is 5. The minimum absolute atomic E-state index is 0.0835. The zero-order chi connectivity index (χ0) is 17.3. The third kappa shape index (κ3) is 2.27. The van der Waals surface area contributed by atoms with Gasteiger partial charge in [-0.05, 0) is 19.1 Å². The van der Waals surface area contributed by atoms with Gasteiger partial charge in [0.25, 0.3) is 5.91 Å². The zero-order valence-corrected chi connectivity index (χ0v) is 13.8. The van der Waals surface area contributed by atoms with E-state index in [0.29, 0.717) is 17.9 Å². The van der Waals surface area contributed by atoms with E-state index in [9.17, 15) is 14.4 Å². The van der Waals surface area contributed by atoms with Gasteiger partial charge in [0.2, 0.25) is 11.6 Å². The Labute approximate surface area is 140 Å². The zero-order valence-electron chi connectivity index (χ0n) is 13.8. The first-order valence-corrected chi connectivity index (χ1v) is 7.99. The summed E-state index contributed by atoms with van der Waals surface area (Å²) >= 11 is 0. The van der Waals surface area contributed by atoms with Crippen LogP contribution in [0.1, 0.15) is 30.1 Å². The molecule has 1 saturated heterocycles. The minimum atomic E-state index is -1.41. The van der Waals surface area contributed by atoms with Crippen LogP contribution in [0.25, 0.3) is 0 Å². The van der Waals surface area contributed by atoms with E-state index >= 15 is 0 Å². The first-order chi connectivity index (χ1) is 11.5. The Morgan fingerprint density at radius 1 is 1.25 bits per heavy atom. The van der Waals surface area contributed by atoms with E-state index in [-0.39, 0.29) is 37.9 Å². The predicted octanol–water partition coefficient (Wildman–Crippen LogP) is 1.17. The molecule has 1 aromatic rings. The van der Waals surface area contributed by atoms with Crippen molar-refractivity contribution in [2.45, 2.75) is 25.4 Å². The molecular weight excluding hydrogens is 312 g/mol. The SMILES string of the molecule is CCOCCOC(=O)C12CCC(=O)N1c1ccccc1C(=O)N2C. The van der Waals surface area contributed by atoms with Crippen molar-refractivity contribution in [3.8, 4) is 0 Å². The monoisotopic (exact) mass is 332 g/mol. The van der Waals surface area contributed by atoms with Crippen LogP contribution in [-0.4, -0.2) is 55.2 Å². The molecule has 3 rings (SSSR count). The van der Waals surface area contributed by atoms with Gasteiger partial charge in [0, 0.05) is 26.5 Å². The van der Waals surface area contributed by atoms with Crippen molar-refractivity contribution in [2.24, 2.45) is 0 Å². The smallest absolute Gasteiger partial charge is 0.353 e. The van der Waals surface area contributed by atoms with Crippen molar-refractivity contribution in [3.63, 3.8) is 0 Å². The molecule has 1 unspecified atom stereocenters. The average Bonchev–Trinajstić information content (AvgIpc) is 2.95. The number of likely N-dealkylation sites (N-methyl/N-ethyl adjacent to an activating group) is 1. The number of carbonyl (C=O) groups excluding carboxylic acids is 3. The van der Waals surface area contributed by atoms with Crippen LogP contribution in [0.5, 0.6) is 0 Å². The number of esters is 1. The van der Waals surface area contributed by atoms with Crippen LogP contribution in [0.4, 0.5) is 5.69 Å². The number of fused-ring (bicyclic) bond motifs is 3. The summed E-state index contributed by atoms with van der Waals surface area (Å²) in [7, 11) is 1.54. The Bertz CT molecular complexity index is 689. The largest absolute Gasteiger partial charge is 0.460 e. The number of nitrogens with zero attached hydrogens (tertiary/aromatic N) is 2. The highest BCUT2D eigenvalue weighted by Gasteiger charge is 2.60. The molecule has 0 aliphatic carbocycles. The number of carbonyl (C=O) groups is 3. The Kier molecular flexibility index (Phi) is 4.28. The lowest BCUT2D eigenvalue weighted by Gasteiger charge is -2.46. The summed E-state index contributed by atoms with van der Waals surface area (Å²) in [5, 5.41) is 0. The minimum Gasteiger partial charge on any atom is -0.460 e. The van der Waals surface area contributed by atoms with E-state index in [4.69, 9.17) is 9.47 Å². The second-order valence-corrected chi connectivity index (χ2v) is 5.76. The number of ether oxygens (including phenoxy) is 2. The van der Waals surface area contributed by atoms with Gasteiger partial charge in [-0.25, -0.2) is 4.79 Å². The van der Waals surface area contributed by atoms with Crippen LogP contribution in [0.3, 0.4) is 0 Å². The van der Waals surface area contributed by atoms with Gasteiger partial charge in [0.15, 0.2) is 0 Å². The normalized spacial score (nSPS) is 22.4. The number of para-hydroxylation sites is 1. The second-order valence-electron chi connectivity index (χ2n) is 5.76. The summed E-state index contributed by atoms with van der Waals surface area (Å²) in [4.78, 5) is 40.7. The lowest BCUT2D eigenvalue weighted by Crippen LogP contribution is -2.67. The third-order valence-electron chi connectivity index (χ3n) is 4.53. The molecule has 128 valence electrons. The molecule has 2 aliphatic rings. The molecule has 7 heteroatoms. The van der Waals surface area contributed by atoms with Gasteiger partial charge in [0.1, 0.15) is 6.61 Å². The van der Waals surface area contributed by atoms with Crippen molar-refractivity contribution < 1.29 is 23.9 Å². The fourth-order valence-corrected chi connectivity index (χ4v) is 3.34. The number of hydrogen-bond donors (Lipinski definition) is 0. The van der Waals surface area contributed by atoms with E-state index in [1.54, 1.807) is 24.3 Å². The molecule has 24 heavy (non-hydrogen) atoms. The van der Waals surface area contributed by atoms with Crippen LogP contribution in [0.15, 0.2) is 24.3 Å². The van der Waals surface area contributed by atoms with Crippen LogP contribution in [-0.2, 0) is 19.1 Å². The molecule has 0 bridgehead atoms. The highest BCUT2D eigenvalue weighted by Crippen LogP contribution is 2.44. The maximum Gasteiger partial charge on any atom is 0.353 e. The second kappa shape index (κ2) is 6.24. The highest BCUT2D eigenvalue weighted by atomic mass is 16.6. The van der Waals surface area contributed by atoms with Gasteiger partial charge >= 0.3 is 5.97 Å². The molecule has 0 spiro atoms. The number of amides is 2. The van der Waals surface area contributed by atoms with E-state index in [2.05, 4.69) is 0 Å². The molecule has 2 aliphatic heterocycles. The lowest BCUT2D eigenvalue weighted by atomic mass is 9.97. The highest BCUT2D eigenvalue weighted by molar-refractivity contribution is 6.15. The van der Waals surface area contributed by atoms with Gasteiger partial charge in [-0.1, -0.05) is 12.1 Å². The van der Waals surface area contributed by atoms with E-state index < -0.39 is 11.6 Å². The van der Waals surface area contributed by atoms with E-state index in [1.807, 2.05) is 6.92 Å². The predicted molar refractivity (Wildman–Crippen MR) is 85.4 cm³/mol. The number of hydrogen-bond acceptors (Lipinski definition) is 5. The molecule has 0 radical (unpaired) electrons. The molecule has 2 heterocycles. The van der Waals surface area contributed by atoms with Crippen molar-refractivity contribution in [1.82, 2.24) is 4.90 Å². The third-order valence-corrected chi connectivity index (χ3v) is 4.53. The summed E-state index contributed by atoms with van der Waals surface area (Å²) in [6.45, 7) is 2.74. The standard InChI is InChI=1S/C17H20N2O5/c1-3-23-10-11-24-16(22)17-9-8-14(20)19(17)13-7-5-4-6-12(13)15(21)18(17)2/h4-7H,3,8-11H2,1-2H3. The summed E-state index contributed by atoms with van der Waals surface area (Å²) in [5.41, 5.74) is -0.535. The van der Waals surface area contributed by atoms with Gasteiger partial charge < -0.3 is 14.4 Å². The van der Waals surface area contributed by atoms with Crippen molar-refractivity contribution in [1.29, 1.82) is 0 Å². The Balaban J connectivity index is 1.97.